The van der Waals surface area contributed by atoms with Crippen LogP contribution in [0.5, 0.6) is 0 Å². The van der Waals surface area contributed by atoms with Crippen LogP contribution >= 0.6 is 11.6 Å². The topological polar surface area (TPSA) is 25.4 Å². The smallest absolute Gasteiger partial charge is 0.0750 e. The molecule has 0 N–H and O–H groups in total. The molecule has 0 saturated carbocycles. The highest BCUT2D eigenvalue weighted by Gasteiger charge is 2.29. The Hall–Kier alpha value is -1.32. The van der Waals surface area contributed by atoms with Crippen LogP contribution in [0.2, 0.25) is 0 Å². The molecule has 0 spiro atoms. The molecule has 106 valence electrons. The van der Waals surface area contributed by atoms with Gasteiger partial charge in [0.2, 0.25) is 0 Å². The monoisotopic (exact) mass is 290 g/mol. The summed E-state index contributed by atoms with van der Waals surface area (Å²) in [6, 6.07) is 10.7. The van der Waals surface area contributed by atoms with Crippen LogP contribution in [0.4, 0.5) is 5.69 Å². The number of likely N-dealkylation sites (N-methyl/N-ethyl adjacent to an activating group) is 1. The first kappa shape index (κ1) is 13.7. The van der Waals surface area contributed by atoms with E-state index < -0.39 is 0 Å². The van der Waals surface area contributed by atoms with Gasteiger partial charge in [-0.05, 0) is 25.5 Å². The molecule has 2 atom stereocenters. The first-order chi connectivity index (χ1) is 9.70. The van der Waals surface area contributed by atoms with E-state index in [2.05, 4.69) is 42.1 Å². The van der Waals surface area contributed by atoms with E-state index in [1.54, 1.807) is 0 Å². The van der Waals surface area contributed by atoms with Gasteiger partial charge in [0.25, 0.3) is 0 Å². The number of aromatic nitrogens is 1. The first-order valence-electron chi connectivity index (χ1n) is 7.00. The Kier molecular flexibility index (Phi) is 3.81. The maximum atomic E-state index is 5.99. The molecule has 2 aromatic rings. The Balaban J connectivity index is 2.09. The van der Waals surface area contributed by atoms with Gasteiger partial charge in [-0.15, -0.1) is 11.6 Å². The van der Waals surface area contributed by atoms with E-state index in [9.17, 15) is 0 Å². The van der Waals surface area contributed by atoms with Gasteiger partial charge in [-0.3, -0.25) is 4.98 Å². The van der Waals surface area contributed by atoms with E-state index in [4.69, 9.17) is 16.3 Å². The zero-order chi connectivity index (χ0) is 14.1. The Morgan fingerprint density at radius 3 is 2.90 bits per heavy atom. The van der Waals surface area contributed by atoms with E-state index in [1.165, 1.54) is 11.1 Å². The van der Waals surface area contributed by atoms with Gasteiger partial charge in [-0.2, -0.15) is 0 Å². The Labute approximate surface area is 124 Å². The molecule has 3 nitrogen and oxygen atoms in total. The van der Waals surface area contributed by atoms with Crippen molar-refractivity contribution in [1.29, 1.82) is 0 Å². The summed E-state index contributed by atoms with van der Waals surface area (Å²) in [4.78, 5) is 6.91. The van der Waals surface area contributed by atoms with E-state index in [0.29, 0.717) is 11.9 Å². The van der Waals surface area contributed by atoms with Crippen LogP contribution in [0.1, 0.15) is 19.0 Å². The standard InChI is InChI=1S/C16H19ClN2O/c1-11-15(7-8-20-11)19(2)16-9-12(10-17)18-14-6-4-3-5-13(14)16/h3-6,9,11,15H,7-8,10H2,1-2H3. The molecule has 1 fully saturated rings. The molecule has 0 aliphatic carbocycles. The highest BCUT2D eigenvalue weighted by molar-refractivity contribution is 6.17. The van der Waals surface area contributed by atoms with Crippen molar-refractivity contribution in [1.82, 2.24) is 4.98 Å². The lowest BCUT2D eigenvalue weighted by molar-refractivity contribution is 0.118. The fourth-order valence-electron chi connectivity index (χ4n) is 2.98. The largest absolute Gasteiger partial charge is 0.376 e. The highest BCUT2D eigenvalue weighted by Crippen LogP contribution is 2.31. The van der Waals surface area contributed by atoms with Gasteiger partial charge in [-0.1, -0.05) is 18.2 Å². The van der Waals surface area contributed by atoms with E-state index in [1.807, 2.05) is 12.1 Å². The van der Waals surface area contributed by atoms with Gasteiger partial charge >= 0.3 is 0 Å². The fourth-order valence-corrected chi connectivity index (χ4v) is 3.12. The fraction of sp³-hybridized carbons (Fsp3) is 0.438. The summed E-state index contributed by atoms with van der Waals surface area (Å²) in [6.07, 6.45) is 1.32. The molecule has 20 heavy (non-hydrogen) atoms. The van der Waals surface area contributed by atoms with Crippen molar-refractivity contribution in [3.05, 3.63) is 36.0 Å². The maximum absolute atomic E-state index is 5.99. The number of pyridine rings is 1. The zero-order valence-corrected chi connectivity index (χ0v) is 12.6. The average Bonchev–Trinajstić information content (AvgIpc) is 2.91. The van der Waals surface area contributed by atoms with E-state index >= 15 is 0 Å². The summed E-state index contributed by atoms with van der Waals surface area (Å²) < 4.78 is 5.69. The number of alkyl halides is 1. The predicted octanol–water partition coefficient (Wildman–Crippen LogP) is 3.59. The number of halogens is 1. The third-order valence-electron chi connectivity index (χ3n) is 4.10. The first-order valence-corrected chi connectivity index (χ1v) is 7.53. The second kappa shape index (κ2) is 5.58. The molecule has 4 heteroatoms. The van der Waals surface area contributed by atoms with Crippen molar-refractivity contribution in [2.24, 2.45) is 0 Å². The van der Waals surface area contributed by atoms with Crippen LogP contribution < -0.4 is 4.90 Å². The Morgan fingerprint density at radius 2 is 2.20 bits per heavy atom. The Morgan fingerprint density at radius 1 is 1.40 bits per heavy atom. The molecule has 0 radical (unpaired) electrons. The summed E-state index contributed by atoms with van der Waals surface area (Å²) in [5.74, 6) is 0.433. The molecular formula is C16H19ClN2O. The van der Waals surface area contributed by atoms with Gasteiger partial charge in [-0.25, -0.2) is 0 Å². The molecule has 1 aromatic heterocycles. The van der Waals surface area contributed by atoms with Crippen molar-refractivity contribution in [3.63, 3.8) is 0 Å². The lowest BCUT2D eigenvalue weighted by Gasteiger charge is -2.30. The quantitative estimate of drug-likeness (QED) is 0.808. The number of hydrogen-bond acceptors (Lipinski definition) is 3. The van der Waals surface area contributed by atoms with Crippen molar-refractivity contribution < 1.29 is 4.74 Å². The van der Waals surface area contributed by atoms with Crippen LogP contribution in [-0.4, -0.2) is 30.8 Å². The number of para-hydroxylation sites is 1. The van der Waals surface area contributed by atoms with Crippen molar-refractivity contribution in [3.8, 4) is 0 Å². The second-order valence-corrected chi connectivity index (χ2v) is 5.59. The molecule has 1 aliphatic rings. The zero-order valence-electron chi connectivity index (χ0n) is 11.8. The number of fused-ring (bicyclic) bond motifs is 1. The minimum Gasteiger partial charge on any atom is -0.376 e. The molecule has 1 saturated heterocycles. The molecule has 2 heterocycles. The molecular weight excluding hydrogens is 272 g/mol. The van der Waals surface area contributed by atoms with Gasteiger partial charge in [0.05, 0.1) is 29.2 Å². The summed E-state index contributed by atoms with van der Waals surface area (Å²) in [6.45, 7) is 2.97. The molecule has 0 bridgehead atoms. The molecule has 1 aromatic carbocycles. The third kappa shape index (κ3) is 2.36. The number of benzene rings is 1. The Bertz CT molecular complexity index is 616. The second-order valence-electron chi connectivity index (χ2n) is 5.33. The molecule has 2 unspecified atom stereocenters. The minimum absolute atomic E-state index is 0.256. The number of ether oxygens (including phenoxy) is 1. The van der Waals surface area contributed by atoms with E-state index in [-0.39, 0.29) is 6.10 Å². The van der Waals surface area contributed by atoms with Crippen LogP contribution in [0.25, 0.3) is 10.9 Å². The van der Waals surface area contributed by atoms with Crippen molar-refractivity contribution >= 4 is 28.2 Å². The SMILES string of the molecule is CC1OCCC1N(C)c1cc(CCl)nc2ccccc12. The molecule has 1 aliphatic heterocycles. The van der Waals surface area contributed by atoms with Gasteiger partial charge in [0.15, 0.2) is 0 Å². The lowest BCUT2D eigenvalue weighted by atomic mass is 10.1. The average molecular weight is 291 g/mol. The van der Waals surface area contributed by atoms with Crippen LogP contribution in [0, 0.1) is 0 Å². The number of nitrogens with zero attached hydrogens (tertiary/aromatic N) is 2. The number of anilines is 1. The summed E-state index contributed by atoms with van der Waals surface area (Å²) in [7, 11) is 2.13. The number of rotatable bonds is 3. The summed E-state index contributed by atoms with van der Waals surface area (Å²) in [5.41, 5.74) is 3.10. The van der Waals surface area contributed by atoms with Crippen LogP contribution in [-0.2, 0) is 10.6 Å². The normalized spacial score (nSPS) is 22.4. The summed E-state index contributed by atoms with van der Waals surface area (Å²) in [5, 5.41) is 1.17. The minimum atomic E-state index is 0.256. The van der Waals surface area contributed by atoms with Crippen molar-refractivity contribution in [2.75, 3.05) is 18.6 Å². The predicted molar refractivity (Wildman–Crippen MR) is 83.5 cm³/mol. The van der Waals surface area contributed by atoms with Crippen LogP contribution in [0.3, 0.4) is 0 Å². The van der Waals surface area contributed by atoms with E-state index in [0.717, 1.165) is 24.2 Å². The maximum Gasteiger partial charge on any atom is 0.0750 e. The third-order valence-corrected chi connectivity index (χ3v) is 4.37. The molecule has 0 amide bonds. The van der Waals surface area contributed by atoms with Gasteiger partial charge < -0.3 is 9.64 Å². The van der Waals surface area contributed by atoms with Gasteiger partial charge in [0.1, 0.15) is 0 Å². The van der Waals surface area contributed by atoms with Gasteiger partial charge in [0, 0.05) is 24.7 Å². The highest BCUT2D eigenvalue weighted by atomic mass is 35.5. The summed E-state index contributed by atoms with van der Waals surface area (Å²) >= 11 is 5.99. The van der Waals surface area contributed by atoms with Crippen molar-refractivity contribution in [2.45, 2.75) is 31.4 Å². The lowest BCUT2D eigenvalue weighted by Crippen LogP contribution is -2.36. The number of hydrogen-bond donors (Lipinski definition) is 0. The van der Waals surface area contributed by atoms with Crippen LogP contribution in [0.15, 0.2) is 30.3 Å². The molecule has 3 rings (SSSR count).